The Bertz CT molecular complexity index is 982. The highest BCUT2D eigenvalue weighted by Gasteiger charge is 2.28. The number of nitrogens with zero attached hydrogens (tertiary/aromatic N) is 2. The van der Waals surface area contributed by atoms with Crippen molar-refractivity contribution < 1.29 is 18.3 Å². The van der Waals surface area contributed by atoms with E-state index in [0.717, 1.165) is 36.3 Å². The second kappa shape index (κ2) is 9.11. The van der Waals surface area contributed by atoms with E-state index in [0.29, 0.717) is 24.6 Å². The van der Waals surface area contributed by atoms with Crippen molar-refractivity contribution in [1.82, 2.24) is 9.88 Å². The summed E-state index contributed by atoms with van der Waals surface area (Å²) in [6.45, 7) is 3.33. The summed E-state index contributed by atoms with van der Waals surface area (Å²) in [5, 5.41) is 0. The Morgan fingerprint density at radius 3 is 2.73 bits per heavy atom. The molecule has 0 bridgehead atoms. The van der Waals surface area contributed by atoms with E-state index in [-0.39, 0.29) is 24.2 Å². The van der Waals surface area contributed by atoms with Crippen molar-refractivity contribution in [2.24, 2.45) is 0 Å². The van der Waals surface area contributed by atoms with Crippen LogP contribution in [0.1, 0.15) is 41.5 Å². The van der Waals surface area contributed by atoms with Crippen LogP contribution in [0.15, 0.2) is 59.1 Å². The summed E-state index contributed by atoms with van der Waals surface area (Å²) >= 11 is 0. The van der Waals surface area contributed by atoms with Crippen LogP contribution in [0.4, 0.5) is 4.39 Å². The van der Waals surface area contributed by atoms with Crippen molar-refractivity contribution >= 4 is 5.91 Å². The molecule has 1 amide bonds. The number of rotatable bonds is 6. The number of hydrogen-bond donors (Lipinski definition) is 0. The van der Waals surface area contributed by atoms with Crippen LogP contribution in [-0.2, 0) is 11.2 Å². The molecule has 0 saturated carbocycles. The van der Waals surface area contributed by atoms with Gasteiger partial charge in [-0.2, -0.15) is 0 Å². The fourth-order valence-corrected chi connectivity index (χ4v) is 3.67. The maximum Gasteiger partial charge on any atom is 0.260 e. The Morgan fingerprint density at radius 2 is 1.97 bits per heavy atom. The first-order chi connectivity index (χ1) is 14.6. The Morgan fingerprint density at radius 1 is 1.20 bits per heavy atom. The van der Waals surface area contributed by atoms with Crippen molar-refractivity contribution in [3.8, 4) is 5.75 Å². The second-order valence-electron chi connectivity index (χ2n) is 7.75. The number of ether oxygens (including phenoxy) is 1. The molecule has 4 rings (SSSR count). The van der Waals surface area contributed by atoms with E-state index in [4.69, 9.17) is 9.15 Å². The van der Waals surface area contributed by atoms with E-state index in [9.17, 15) is 9.18 Å². The highest BCUT2D eigenvalue weighted by molar-refractivity contribution is 5.78. The number of hydrogen-bond acceptors (Lipinski definition) is 4. The maximum atomic E-state index is 13.1. The van der Waals surface area contributed by atoms with Gasteiger partial charge in [0.25, 0.3) is 5.91 Å². The van der Waals surface area contributed by atoms with E-state index in [1.807, 2.05) is 36.1 Å². The number of piperidine rings is 1. The van der Waals surface area contributed by atoms with Crippen molar-refractivity contribution in [1.29, 1.82) is 0 Å². The first kappa shape index (κ1) is 20.1. The van der Waals surface area contributed by atoms with Gasteiger partial charge in [-0.1, -0.05) is 29.8 Å². The Kier molecular flexibility index (Phi) is 6.12. The van der Waals surface area contributed by atoms with E-state index >= 15 is 0 Å². The highest BCUT2D eigenvalue weighted by Crippen LogP contribution is 2.27. The van der Waals surface area contributed by atoms with Crippen LogP contribution in [0.3, 0.4) is 0 Å². The highest BCUT2D eigenvalue weighted by atomic mass is 19.1. The number of carbonyl (C=O) groups excluding carboxylic acids is 1. The standard InChI is InChI=1S/C24H25FN2O3/c1-17-4-10-21(11-5-17)29-16-23(28)27-12-2-3-19(15-27)24-26-14-22(30-24)13-18-6-8-20(25)9-7-18/h4-11,14,19H,2-3,12-13,15-16H2,1H3/t19-/m0/s1. The molecule has 0 unspecified atom stereocenters. The minimum atomic E-state index is -0.254. The van der Waals surface area contributed by atoms with Gasteiger partial charge in [0.05, 0.1) is 12.1 Å². The summed E-state index contributed by atoms with van der Waals surface area (Å²) in [7, 11) is 0. The van der Waals surface area contributed by atoms with Crippen molar-refractivity contribution in [3.05, 3.63) is 83.3 Å². The molecule has 0 N–H and O–H groups in total. The molecule has 5 nitrogen and oxygen atoms in total. The minimum Gasteiger partial charge on any atom is -0.484 e. The van der Waals surface area contributed by atoms with Crippen LogP contribution in [0.25, 0.3) is 0 Å². The number of amides is 1. The molecule has 30 heavy (non-hydrogen) atoms. The average molecular weight is 408 g/mol. The predicted octanol–water partition coefficient (Wildman–Crippen LogP) is 4.50. The van der Waals surface area contributed by atoms with E-state index in [1.165, 1.54) is 12.1 Å². The molecule has 1 saturated heterocycles. The number of likely N-dealkylation sites (tertiary alicyclic amines) is 1. The molecule has 1 fully saturated rings. The van der Waals surface area contributed by atoms with E-state index in [2.05, 4.69) is 4.98 Å². The molecule has 0 radical (unpaired) electrons. The smallest absolute Gasteiger partial charge is 0.260 e. The third-order valence-corrected chi connectivity index (χ3v) is 5.37. The largest absolute Gasteiger partial charge is 0.484 e. The van der Waals surface area contributed by atoms with Crippen LogP contribution in [0.2, 0.25) is 0 Å². The van der Waals surface area contributed by atoms with Crippen LogP contribution in [-0.4, -0.2) is 35.5 Å². The second-order valence-corrected chi connectivity index (χ2v) is 7.75. The fraction of sp³-hybridized carbons (Fsp3) is 0.333. The van der Waals surface area contributed by atoms with Gasteiger partial charge in [0.2, 0.25) is 0 Å². The molecule has 2 heterocycles. The zero-order valence-corrected chi connectivity index (χ0v) is 17.0. The van der Waals surface area contributed by atoms with Gasteiger partial charge in [0.1, 0.15) is 17.3 Å². The molecule has 0 aliphatic carbocycles. The molecular formula is C24H25FN2O3. The van der Waals surface area contributed by atoms with Crippen molar-refractivity contribution in [2.75, 3.05) is 19.7 Å². The Hall–Kier alpha value is -3.15. The van der Waals surface area contributed by atoms with Gasteiger partial charge in [-0.25, -0.2) is 9.37 Å². The van der Waals surface area contributed by atoms with Crippen LogP contribution >= 0.6 is 0 Å². The third kappa shape index (κ3) is 5.06. The number of benzene rings is 2. The van der Waals surface area contributed by atoms with E-state index in [1.54, 1.807) is 18.3 Å². The number of oxazole rings is 1. The zero-order chi connectivity index (χ0) is 20.9. The third-order valence-electron chi connectivity index (χ3n) is 5.37. The maximum absolute atomic E-state index is 13.1. The number of halogens is 1. The zero-order valence-electron chi connectivity index (χ0n) is 17.0. The van der Waals surface area contributed by atoms with Gasteiger partial charge in [-0.05, 0) is 49.6 Å². The summed E-state index contributed by atoms with van der Waals surface area (Å²) in [4.78, 5) is 18.9. The van der Waals surface area contributed by atoms with Gasteiger partial charge in [0.15, 0.2) is 12.5 Å². The Labute approximate surface area is 175 Å². The summed E-state index contributed by atoms with van der Waals surface area (Å²) in [6, 6.07) is 14.0. The molecule has 1 aliphatic rings. The lowest BCUT2D eigenvalue weighted by atomic mass is 9.98. The average Bonchev–Trinajstić information content (AvgIpc) is 3.23. The first-order valence-corrected chi connectivity index (χ1v) is 10.2. The first-order valence-electron chi connectivity index (χ1n) is 10.2. The molecule has 2 aromatic carbocycles. The Balaban J connectivity index is 1.33. The van der Waals surface area contributed by atoms with Gasteiger partial charge in [0, 0.05) is 19.5 Å². The molecule has 1 atom stereocenters. The summed E-state index contributed by atoms with van der Waals surface area (Å²) in [5.41, 5.74) is 2.12. The summed E-state index contributed by atoms with van der Waals surface area (Å²) in [6.07, 6.45) is 4.11. The lowest BCUT2D eigenvalue weighted by molar-refractivity contribution is -0.134. The molecule has 1 aromatic heterocycles. The SMILES string of the molecule is Cc1ccc(OCC(=O)N2CCC[C@H](c3ncc(Cc4ccc(F)cc4)o3)C2)cc1. The van der Waals surface area contributed by atoms with Gasteiger partial charge < -0.3 is 14.1 Å². The number of aryl methyl sites for hydroxylation is 1. The fourth-order valence-electron chi connectivity index (χ4n) is 3.67. The minimum absolute atomic E-state index is 0.0250. The summed E-state index contributed by atoms with van der Waals surface area (Å²) < 4.78 is 24.7. The lowest BCUT2D eigenvalue weighted by Gasteiger charge is -2.31. The van der Waals surface area contributed by atoms with Crippen LogP contribution in [0, 0.1) is 12.7 Å². The molecule has 0 spiro atoms. The van der Waals surface area contributed by atoms with Gasteiger partial charge >= 0.3 is 0 Å². The lowest BCUT2D eigenvalue weighted by Crippen LogP contribution is -2.41. The number of aromatic nitrogens is 1. The van der Waals surface area contributed by atoms with Gasteiger partial charge in [-0.3, -0.25) is 4.79 Å². The topological polar surface area (TPSA) is 55.6 Å². The van der Waals surface area contributed by atoms with Crippen molar-refractivity contribution in [2.45, 2.75) is 32.1 Å². The molecule has 1 aliphatic heterocycles. The summed E-state index contributed by atoms with van der Waals surface area (Å²) in [5.74, 6) is 1.88. The van der Waals surface area contributed by atoms with Crippen molar-refractivity contribution in [3.63, 3.8) is 0 Å². The monoisotopic (exact) mass is 408 g/mol. The predicted molar refractivity (Wildman–Crippen MR) is 111 cm³/mol. The molecular weight excluding hydrogens is 383 g/mol. The number of carbonyl (C=O) groups is 1. The molecule has 3 aromatic rings. The van der Waals surface area contributed by atoms with Crippen LogP contribution in [0.5, 0.6) is 5.75 Å². The normalized spacial score (nSPS) is 16.5. The van der Waals surface area contributed by atoms with E-state index < -0.39 is 0 Å². The molecule has 156 valence electrons. The van der Waals surface area contributed by atoms with Gasteiger partial charge in [-0.15, -0.1) is 0 Å². The van der Waals surface area contributed by atoms with Crippen LogP contribution < -0.4 is 4.74 Å². The molecule has 6 heteroatoms. The quantitative estimate of drug-likeness (QED) is 0.603.